The van der Waals surface area contributed by atoms with Crippen molar-refractivity contribution >= 4 is 54.8 Å². The van der Waals surface area contributed by atoms with Crippen molar-refractivity contribution in [2.24, 2.45) is 0 Å². The van der Waals surface area contributed by atoms with Crippen LogP contribution < -0.4 is 4.72 Å². The quantitative estimate of drug-likeness (QED) is 0.816. The molecular weight excluding hydrogens is 385 g/mol. The summed E-state index contributed by atoms with van der Waals surface area (Å²) in [6.07, 6.45) is 0. The Bertz CT molecular complexity index is 715. The molecule has 0 atom stereocenters. The fourth-order valence-corrected chi connectivity index (χ4v) is 3.97. The molecule has 2 rings (SSSR count). The van der Waals surface area contributed by atoms with Crippen LogP contribution in [0.4, 0.5) is 5.69 Å². The van der Waals surface area contributed by atoms with E-state index in [0.29, 0.717) is 21.3 Å². The largest absolute Gasteiger partial charge is 0.283 e. The van der Waals surface area contributed by atoms with Crippen molar-refractivity contribution < 1.29 is 8.42 Å². The number of hydrogen-bond acceptors (Lipinski definition) is 2. The Morgan fingerprint density at radius 2 is 1.65 bits per heavy atom. The van der Waals surface area contributed by atoms with Crippen molar-refractivity contribution in [1.82, 2.24) is 0 Å². The van der Waals surface area contributed by atoms with E-state index in [1.165, 1.54) is 0 Å². The maximum Gasteiger partial charge on any atom is 0.237 e. The van der Waals surface area contributed by atoms with E-state index in [1.54, 1.807) is 36.4 Å². The Balaban J connectivity index is 2.24. The van der Waals surface area contributed by atoms with Gasteiger partial charge in [-0.1, -0.05) is 51.3 Å². The monoisotopic (exact) mass is 393 g/mol. The van der Waals surface area contributed by atoms with E-state index in [1.807, 2.05) is 6.07 Å². The molecule has 0 saturated carbocycles. The predicted octanol–water partition coefficient (Wildman–Crippen LogP) is 4.70. The Hall–Kier alpha value is -0.750. The Morgan fingerprint density at radius 1 is 1.05 bits per heavy atom. The highest BCUT2D eigenvalue weighted by atomic mass is 79.9. The highest BCUT2D eigenvalue weighted by Crippen LogP contribution is 2.27. The molecule has 1 N–H and O–H groups in total. The summed E-state index contributed by atoms with van der Waals surface area (Å²) in [5.41, 5.74) is 0.862. The van der Waals surface area contributed by atoms with E-state index in [9.17, 15) is 8.42 Å². The number of rotatable bonds is 4. The van der Waals surface area contributed by atoms with Crippen molar-refractivity contribution in [3.8, 4) is 0 Å². The van der Waals surface area contributed by atoms with E-state index < -0.39 is 10.0 Å². The summed E-state index contributed by atoms with van der Waals surface area (Å²) < 4.78 is 27.6. The van der Waals surface area contributed by atoms with Gasteiger partial charge in [-0.2, -0.15) is 0 Å². The third-order valence-corrected chi connectivity index (χ3v) is 4.91. The van der Waals surface area contributed by atoms with Gasteiger partial charge < -0.3 is 0 Å². The van der Waals surface area contributed by atoms with Crippen LogP contribution in [0.15, 0.2) is 46.9 Å². The average molecular weight is 395 g/mol. The molecule has 106 valence electrons. The van der Waals surface area contributed by atoms with Gasteiger partial charge in [-0.25, -0.2) is 8.42 Å². The molecule has 2 aromatic rings. The van der Waals surface area contributed by atoms with E-state index in [2.05, 4.69) is 20.7 Å². The summed E-state index contributed by atoms with van der Waals surface area (Å²) in [6.45, 7) is 0. The predicted molar refractivity (Wildman–Crippen MR) is 86.9 cm³/mol. The molecule has 20 heavy (non-hydrogen) atoms. The molecule has 0 amide bonds. The van der Waals surface area contributed by atoms with Crippen molar-refractivity contribution in [1.29, 1.82) is 0 Å². The minimum atomic E-state index is -3.59. The molecule has 7 heteroatoms. The van der Waals surface area contributed by atoms with Gasteiger partial charge in [0.15, 0.2) is 0 Å². The van der Waals surface area contributed by atoms with E-state index >= 15 is 0 Å². The second kappa shape index (κ2) is 6.35. The number of benzene rings is 2. The van der Waals surface area contributed by atoms with Gasteiger partial charge in [-0.3, -0.25) is 4.72 Å². The normalized spacial score (nSPS) is 11.3. The molecule has 0 heterocycles. The van der Waals surface area contributed by atoms with Crippen molar-refractivity contribution in [3.05, 3.63) is 62.5 Å². The van der Waals surface area contributed by atoms with Gasteiger partial charge in [0.25, 0.3) is 0 Å². The summed E-state index contributed by atoms with van der Waals surface area (Å²) >= 11 is 15.2. The minimum Gasteiger partial charge on any atom is -0.283 e. The Labute approximate surface area is 136 Å². The van der Waals surface area contributed by atoms with Gasteiger partial charge in [0, 0.05) is 25.8 Å². The standard InChI is InChI=1S/C13H10BrCl2NO2S/c14-9-3-1-4-10(7-9)17-20(18,19)8-11-12(15)5-2-6-13(11)16/h1-7,17H,8H2. The first-order valence-electron chi connectivity index (χ1n) is 5.56. The van der Waals surface area contributed by atoms with Crippen LogP contribution in [-0.4, -0.2) is 8.42 Å². The number of sulfonamides is 1. The minimum absolute atomic E-state index is 0.280. The van der Waals surface area contributed by atoms with Crippen molar-refractivity contribution in [2.75, 3.05) is 4.72 Å². The van der Waals surface area contributed by atoms with Gasteiger partial charge >= 0.3 is 0 Å². The molecule has 2 aromatic carbocycles. The molecule has 0 bridgehead atoms. The third-order valence-electron chi connectivity index (χ3n) is 2.49. The fourth-order valence-electron chi connectivity index (χ4n) is 1.63. The molecule has 0 unspecified atom stereocenters. The van der Waals surface area contributed by atoms with Gasteiger partial charge in [0.2, 0.25) is 10.0 Å². The van der Waals surface area contributed by atoms with Gasteiger partial charge in [0.1, 0.15) is 0 Å². The molecule has 0 fully saturated rings. The lowest BCUT2D eigenvalue weighted by Crippen LogP contribution is -2.15. The van der Waals surface area contributed by atoms with Crippen LogP contribution in [0.2, 0.25) is 10.0 Å². The van der Waals surface area contributed by atoms with E-state index in [0.717, 1.165) is 4.47 Å². The molecule has 3 nitrogen and oxygen atoms in total. The average Bonchev–Trinajstić information content (AvgIpc) is 2.33. The molecule has 0 aromatic heterocycles. The fraction of sp³-hybridized carbons (Fsp3) is 0.0769. The number of nitrogens with one attached hydrogen (secondary N) is 1. The first-order valence-corrected chi connectivity index (χ1v) is 8.76. The maximum atomic E-state index is 12.1. The molecule has 0 spiro atoms. The van der Waals surface area contributed by atoms with Crippen LogP contribution in [0.25, 0.3) is 0 Å². The molecule has 0 aliphatic carbocycles. The zero-order valence-corrected chi connectivity index (χ0v) is 14.0. The topological polar surface area (TPSA) is 46.2 Å². The van der Waals surface area contributed by atoms with E-state index in [-0.39, 0.29) is 5.75 Å². The summed E-state index contributed by atoms with van der Waals surface area (Å²) in [4.78, 5) is 0. The second-order valence-corrected chi connectivity index (χ2v) is 7.52. The number of halogens is 3. The van der Waals surface area contributed by atoms with Crippen LogP contribution in [0.3, 0.4) is 0 Å². The lowest BCUT2D eigenvalue weighted by Gasteiger charge is -2.10. The SMILES string of the molecule is O=S(=O)(Cc1c(Cl)cccc1Cl)Nc1cccc(Br)c1. The molecular formula is C13H10BrCl2NO2S. The zero-order chi connectivity index (χ0) is 14.8. The summed E-state index contributed by atoms with van der Waals surface area (Å²) in [7, 11) is -3.59. The lowest BCUT2D eigenvalue weighted by atomic mass is 10.2. The summed E-state index contributed by atoms with van der Waals surface area (Å²) in [6, 6.07) is 11.8. The van der Waals surface area contributed by atoms with Crippen molar-refractivity contribution in [2.45, 2.75) is 5.75 Å². The smallest absolute Gasteiger partial charge is 0.237 e. The Morgan fingerprint density at radius 3 is 2.25 bits per heavy atom. The van der Waals surface area contributed by atoms with Crippen molar-refractivity contribution in [3.63, 3.8) is 0 Å². The van der Waals surface area contributed by atoms with Crippen LogP contribution >= 0.6 is 39.1 Å². The van der Waals surface area contributed by atoms with Gasteiger partial charge in [-0.05, 0) is 30.3 Å². The third kappa shape index (κ3) is 4.12. The molecule has 0 radical (unpaired) electrons. The lowest BCUT2D eigenvalue weighted by molar-refractivity contribution is 0.600. The summed E-state index contributed by atoms with van der Waals surface area (Å²) in [5.74, 6) is -0.280. The number of hydrogen-bond donors (Lipinski definition) is 1. The van der Waals surface area contributed by atoms with E-state index in [4.69, 9.17) is 23.2 Å². The maximum absolute atomic E-state index is 12.1. The first-order chi connectivity index (χ1) is 9.37. The zero-order valence-electron chi connectivity index (χ0n) is 10.1. The second-order valence-electron chi connectivity index (χ2n) is 4.07. The van der Waals surface area contributed by atoms with Crippen LogP contribution in [-0.2, 0) is 15.8 Å². The first kappa shape index (κ1) is 15.6. The van der Waals surface area contributed by atoms with Gasteiger partial charge in [0.05, 0.1) is 5.75 Å². The molecule has 0 saturated heterocycles. The number of anilines is 1. The molecule has 0 aliphatic heterocycles. The highest BCUT2D eigenvalue weighted by Gasteiger charge is 2.16. The van der Waals surface area contributed by atoms with Gasteiger partial charge in [-0.15, -0.1) is 0 Å². The van der Waals surface area contributed by atoms with Crippen LogP contribution in [0, 0.1) is 0 Å². The Kier molecular flexibility index (Phi) is 4.96. The van der Waals surface area contributed by atoms with Crippen LogP contribution in [0.1, 0.15) is 5.56 Å². The van der Waals surface area contributed by atoms with Crippen LogP contribution in [0.5, 0.6) is 0 Å². The molecule has 0 aliphatic rings. The summed E-state index contributed by atoms with van der Waals surface area (Å²) in [5, 5.41) is 0.661. The highest BCUT2D eigenvalue weighted by molar-refractivity contribution is 9.10.